The van der Waals surface area contributed by atoms with Crippen LogP contribution in [0.3, 0.4) is 0 Å². The lowest BCUT2D eigenvalue weighted by Gasteiger charge is -2.33. The minimum absolute atomic E-state index is 0.00921. The van der Waals surface area contributed by atoms with Crippen LogP contribution in [0.4, 0.5) is 10.1 Å². The highest BCUT2D eigenvalue weighted by Crippen LogP contribution is 2.35. The van der Waals surface area contributed by atoms with Gasteiger partial charge in [-0.2, -0.15) is 4.37 Å². The third kappa shape index (κ3) is 5.77. The van der Waals surface area contributed by atoms with Gasteiger partial charge < -0.3 is 10.1 Å². The maximum Gasteiger partial charge on any atom is 0.280 e. The highest BCUT2D eigenvalue weighted by atomic mass is 35.5. The van der Waals surface area contributed by atoms with Crippen LogP contribution in [0.5, 0.6) is 5.75 Å². The summed E-state index contributed by atoms with van der Waals surface area (Å²) < 4.78 is 23.3. The number of benzene rings is 2. The Hall–Kier alpha value is -2.68. The maximum atomic E-state index is 13.8. The molecule has 35 heavy (non-hydrogen) atoms. The summed E-state index contributed by atoms with van der Waals surface area (Å²) in [6.07, 6.45) is 4.95. The number of hydrogen-bond donors (Lipinski definition) is 1. The smallest absolute Gasteiger partial charge is 0.280 e. The highest BCUT2D eigenvalue weighted by Gasteiger charge is 2.36. The number of amides is 2. The van der Waals surface area contributed by atoms with Crippen LogP contribution in [0.25, 0.3) is 0 Å². The van der Waals surface area contributed by atoms with Gasteiger partial charge in [-0.3, -0.25) is 14.5 Å². The van der Waals surface area contributed by atoms with Crippen molar-refractivity contribution in [2.75, 3.05) is 12.0 Å². The van der Waals surface area contributed by atoms with Gasteiger partial charge in [0.15, 0.2) is 5.69 Å². The number of ether oxygens (including phenoxy) is 1. The van der Waals surface area contributed by atoms with Gasteiger partial charge in [0.05, 0.1) is 7.11 Å². The molecule has 1 aromatic heterocycles. The first-order chi connectivity index (χ1) is 16.9. The SMILES string of the molecule is COc1ccc(C(C(=O)NC2CCCCC2)N(C(=O)c2nsc(Cl)c2Cl)c2ccc(F)cc2)cc1. The van der Waals surface area contributed by atoms with E-state index in [1.54, 1.807) is 31.4 Å². The van der Waals surface area contributed by atoms with Crippen molar-refractivity contribution >= 4 is 52.2 Å². The van der Waals surface area contributed by atoms with E-state index in [-0.39, 0.29) is 27.0 Å². The van der Waals surface area contributed by atoms with E-state index < -0.39 is 17.8 Å². The average molecular weight is 536 g/mol. The first-order valence-electron chi connectivity index (χ1n) is 11.2. The summed E-state index contributed by atoms with van der Waals surface area (Å²) in [5.74, 6) is -0.834. The van der Waals surface area contributed by atoms with E-state index in [4.69, 9.17) is 27.9 Å². The van der Waals surface area contributed by atoms with Crippen LogP contribution in [0.2, 0.25) is 9.36 Å². The number of anilines is 1. The molecule has 0 aliphatic heterocycles. The van der Waals surface area contributed by atoms with Crippen LogP contribution in [0.1, 0.15) is 54.2 Å². The van der Waals surface area contributed by atoms with Gasteiger partial charge >= 0.3 is 0 Å². The van der Waals surface area contributed by atoms with Crippen molar-refractivity contribution in [3.63, 3.8) is 0 Å². The fourth-order valence-corrected chi connectivity index (χ4v) is 5.21. The largest absolute Gasteiger partial charge is 0.497 e. The molecule has 0 saturated heterocycles. The van der Waals surface area contributed by atoms with E-state index in [1.807, 2.05) is 0 Å². The monoisotopic (exact) mass is 535 g/mol. The molecule has 1 saturated carbocycles. The number of halogens is 3. The minimum Gasteiger partial charge on any atom is -0.497 e. The Labute approximate surface area is 217 Å². The average Bonchev–Trinajstić information content (AvgIpc) is 3.21. The van der Waals surface area contributed by atoms with Gasteiger partial charge in [-0.05, 0) is 66.3 Å². The number of carbonyl (C=O) groups excluding carboxylic acids is 2. The molecule has 10 heteroatoms. The van der Waals surface area contributed by atoms with Crippen LogP contribution in [-0.2, 0) is 4.79 Å². The van der Waals surface area contributed by atoms with Crippen molar-refractivity contribution in [1.29, 1.82) is 0 Å². The second-order valence-corrected chi connectivity index (χ2v) is 10.0. The summed E-state index contributed by atoms with van der Waals surface area (Å²) in [4.78, 5) is 28.9. The number of hydrogen-bond acceptors (Lipinski definition) is 5. The van der Waals surface area contributed by atoms with Gasteiger partial charge in [-0.25, -0.2) is 4.39 Å². The molecule has 0 spiro atoms. The topological polar surface area (TPSA) is 71.5 Å². The van der Waals surface area contributed by atoms with E-state index in [0.29, 0.717) is 17.0 Å². The Morgan fingerprint density at radius 1 is 1.09 bits per heavy atom. The molecule has 1 atom stereocenters. The summed E-state index contributed by atoms with van der Waals surface area (Å²) in [5.41, 5.74) is 0.792. The Kier molecular flexibility index (Phi) is 8.26. The molecular weight excluding hydrogens is 512 g/mol. The molecule has 1 unspecified atom stereocenters. The number of methoxy groups -OCH3 is 1. The van der Waals surface area contributed by atoms with E-state index in [2.05, 4.69) is 9.69 Å². The molecule has 0 bridgehead atoms. The summed E-state index contributed by atoms with van der Waals surface area (Å²) in [6, 6.07) is 11.2. The van der Waals surface area contributed by atoms with E-state index >= 15 is 0 Å². The predicted octanol–water partition coefficient (Wildman–Crippen LogP) is 6.43. The molecule has 1 fully saturated rings. The zero-order valence-corrected chi connectivity index (χ0v) is 21.3. The van der Waals surface area contributed by atoms with Gasteiger partial charge in [0.2, 0.25) is 5.91 Å². The third-order valence-electron chi connectivity index (χ3n) is 6.01. The zero-order chi connectivity index (χ0) is 24.9. The van der Waals surface area contributed by atoms with Crippen molar-refractivity contribution < 1.29 is 18.7 Å². The van der Waals surface area contributed by atoms with Gasteiger partial charge in [-0.1, -0.05) is 54.6 Å². The van der Waals surface area contributed by atoms with E-state index in [1.165, 1.54) is 29.2 Å². The Morgan fingerprint density at radius 2 is 1.74 bits per heavy atom. The van der Waals surface area contributed by atoms with Crippen LogP contribution < -0.4 is 15.0 Å². The number of carbonyl (C=O) groups is 2. The van der Waals surface area contributed by atoms with Gasteiger partial charge in [-0.15, -0.1) is 0 Å². The lowest BCUT2D eigenvalue weighted by Crippen LogP contribution is -2.47. The Morgan fingerprint density at radius 3 is 2.31 bits per heavy atom. The third-order valence-corrected chi connectivity index (χ3v) is 7.62. The molecule has 2 amide bonds. The Bertz CT molecular complexity index is 1180. The lowest BCUT2D eigenvalue weighted by atomic mass is 9.94. The van der Waals surface area contributed by atoms with Crippen molar-refractivity contribution in [3.8, 4) is 5.75 Å². The Balaban J connectivity index is 1.81. The van der Waals surface area contributed by atoms with Crippen LogP contribution in [0, 0.1) is 5.82 Å². The second-order valence-electron chi connectivity index (χ2n) is 8.29. The summed E-state index contributed by atoms with van der Waals surface area (Å²) >= 11 is 13.2. The zero-order valence-electron chi connectivity index (χ0n) is 19.0. The number of nitrogens with zero attached hydrogens (tertiary/aromatic N) is 2. The molecule has 3 aromatic rings. The van der Waals surface area contributed by atoms with Gasteiger partial charge in [0.1, 0.15) is 27.0 Å². The highest BCUT2D eigenvalue weighted by molar-refractivity contribution is 7.11. The van der Waals surface area contributed by atoms with Crippen molar-refractivity contribution in [3.05, 3.63) is 75.0 Å². The molecular formula is C25H24Cl2FN3O3S. The van der Waals surface area contributed by atoms with E-state index in [9.17, 15) is 14.0 Å². The summed E-state index contributed by atoms with van der Waals surface area (Å²) in [5, 5.41) is 3.13. The quantitative estimate of drug-likeness (QED) is 0.378. The first-order valence-corrected chi connectivity index (χ1v) is 12.8. The van der Waals surface area contributed by atoms with Crippen LogP contribution >= 0.6 is 34.7 Å². The second kappa shape index (κ2) is 11.4. The van der Waals surface area contributed by atoms with E-state index in [0.717, 1.165) is 43.6 Å². The van der Waals surface area contributed by atoms with Gasteiger partial charge in [0, 0.05) is 11.7 Å². The minimum atomic E-state index is -1.07. The van der Waals surface area contributed by atoms with Crippen LogP contribution in [-0.4, -0.2) is 29.3 Å². The molecule has 1 heterocycles. The maximum absolute atomic E-state index is 13.8. The molecule has 1 aliphatic rings. The fraction of sp³-hybridized carbons (Fsp3) is 0.320. The normalized spacial score (nSPS) is 14.9. The van der Waals surface area contributed by atoms with Gasteiger partial charge in [0.25, 0.3) is 5.91 Å². The number of aromatic nitrogens is 1. The molecule has 0 radical (unpaired) electrons. The molecule has 2 aromatic carbocycles. The first kappa shape index (κ1) is 25.4. The number of rotatable bonds is 7. The lowest BCUT2D eigenvalue weighted by molar-refractivity contribution is -0.123. The summed E-state index contributed by atoms with van der Waals surface area (Å²) in [6.45, 7) is 0. The standard InChI is InChI=1S/C25H24Cl2FN3O3S/c1-34-19-13-7-15(8-14-19)22(24(32)29-17-5-3-2-4-6-17)31(18-11-9-16(28)10-12-18)25(33)21-20(26)23(27)35-30-21/h7-14,17,22H,2-6H2,1H3,(H,29,32). The van der Waals surface area contributed by atoms with Crippen molar-refractivity contribution in [1.82, 2.24) is 9.69 Å². The molecule has 1 N–H and O–H groups in total. The fourth-order valence-electron chi connectivity index (χ4n) is 4.22. The predicted molar refractivity (Wildman–Crippen MR) is 136 cm³/mol. The molecule has 184 valence electrons. The van der Waals surface area contributed by atoms with Crippen molar-refractivity contribution in [2.24, 2.45) is 0 Å². The molecule has 4 rings (SSSR count). The number of nitrogens with one attached hydrogen (secondary N) is 1. The van der Waals surface area contributed by atoms with Crippen molar-refractivity contribution in [2.45, 2.75) is 44.2 Å². The summed E-state index contributed by atoms with van der Waals surface area (Å²) in [7, 11) is 1.55. The van der Waals surface area contributed by atoms with Crippen LogP contribution in [0.15, 0.2) is 48.5 Å². The molecule has 1 aliphatic carbocycles. The molecule has 6 nitrogen and oxygen atoms in total.